The highest BCUT2D eigenvalue weighted by molar-refractivity contribution is 9.09. The van der Waals surface area contributed by atoms with Gasteiger partial charge in [-0.05, 0) is 36.0 Å². The molecule has 0 aliphatic heterocycles. The van der Waals surface area contributed by atoms with Crippen molar-refractivity contribution in [2.24, 2.45) is 11.8 Å². The van der Waals surface area contributed by atoms with E-state index < -0.39 is 0 Å². The fraction of sp³-hybridized carbons (Fsp3) is 0.562. The molecule has 1 aromatic carbocycles. The molecule has 0 spiro atoms. The number of amides is 1. The predicted octanol–water partition coefficient (Wildman–Crippen LogP) is 4.63. The van der Waals surface area contributed by atoms with Gasteiger partial charge in [-0.2, -0.15) is 0 Å². The molecule has 1 amide bonds. The van der Waals surface area contributed by atoms with Crippen molar-refractivity contribution in [2.45, 2.75) is 45.4 Å². The number of alkyl halides is 1. The van der Waals surface area contributed by atoms with Gasteiger partial charge in [-0.3, -0.25) is 4.79 Å². The first-order valence-electron chi connectivity index (χ1n) is 6.91. The third-order valence-corrected chi connectivity index (χ3v) is 4.37. The first kappa shape index (κ1) is 16.2. The first-order valence-corrected chi connectivity index (χ1v) is 7.83. The summed E-state index contributed by atoms with van der Waals surface area (Å²) in [4.78, 5) is 12.2. The quantitative estimate of drug-likeness (QED) is 0.759. The van der Waals surface area contributed by atoms with E-state index in [2.05, 4.69) is 47.2 Å². The van der Waals surface area contributed by atoms with Crippen LogP contribution >= 0.6 is 15.9 Å². The Balaban J connectivity index is 2.54. The highest BCUT2D eigenvalue weighted by atomic mass is 79.9. The molecule has 106 valence electrons. The molecule has 1 atom stereocenters. The Kier molecular flexibility index (Phi) is 6.56. The second-order valence-corrected chi connectivity index (χ2v) is 6.98. The van der Waals surface area contributed by atoms with Crippen molar-refractivity contribution in [1.29, 1.82) is 0 Å². The number of rotatable bonds is 6. The number of anilines is 1. The fourth-order valence-corrected chi connectivity index (χ4v) is 2.14. The largest absolute Gasteiger partial charge is 0.326 e. The predicted molar refractivity (Wildman–Crippen MR) is 85.8 cm³/mol. The molecule has 1 N–H and O–H groups in total. The molecule has 19 heavy (non-hydrogen) atoms. The van der Waals surface area contributed by atoms with Crippen LogP contribution < -0.4 is 5.32 Å². The Morgan fingerprint density at radius 2 is 1.74 bits per heavy atom. The SMILES string of the molecule is CC(C)CC(=O)Nc1ccc(CC(Br)C(C)C)cc1. The smallest absolute Gasteiger partial charge is 0.224 e. The normalized spacial score (nSPS) is 12.8. The summed E-state index contributed by atoms with van der Waals surface area (Å²) in [5.41, 5.74) is 2.17. The number of carbonyl (C=O) groups is 1. The van der Waals surface area contributed by atoms with E-state index in [-0.39, 0.29) is 5.91 Å². The van der Waals surface area contributed by atoms with Gasteiger partial charge >= 0.3 is 0 Å². The average molecular weight is 326 g/mol. The molecule has 0 heterocycles. The molecule has 0 saturated carbocycles. The summed E-state index contributed by atoms with van der Waals surface area (Å²) < 4.78 is 0. The van der Waals surface area contributed by atoms with Crippen LogP contribution in [-0.4, -0.2) is 10.7 Å². The Hall–Kier alpha value is -0.830. The molecule has 0 radical (unpaired) electrons. The van der Waals surface area contributed by atoms with Gasteiger partial charge < -0.3 is 5.32 Å². The second kappa shape index (κ2) is 7.68. The molecule has 0 aliphatic carbocycles. The minimum atomic E-state index is 0.0864. The lowest BCUT2D eigenvalue weighted by Crippen LogP contribution is -2.14. The summed E-state index contributed by atoms with van der Waals surface area (Å²) in [6, 6.07) is 8.13. The van der Waals surface area contributed by atoms with Gasteiger partial charge in [0, 0.05) is 16.9 Å². The van der Waals surface area contributed by atoms with Gasteiger partial charge in [0.2, 0.25) is 5.91 Å². The Labute approximate surface area is 125 Å². The van der Waals surface area contributed by atoms with Crippen LogP contribution in [0.15, 0.2) is 24.3 Å². The van der Waals surface area contributed by atoms with E-state index in [4.69, 9.17) is 0 Å². The van der Waals surface area contributed by atoms with Gasteiger partial charge in [0.1, 0.15) is 0 Å². The van der Waals surface area contributed by atoms with E-state index in [1.807, 2.05) is 26.0 Å². The maximum atomic E-state index is 11.7. The van der Waals surface area contributed by atoms with E-state index >= 15 is 0 Å². The third kappa shape index (κ3) is 6.24. The first-order chi connectivity index (χ1) is 8.88. The van der Waals surface area contributed by atoms with E-state index in [0.717, 1.165) is 12.1 Å². The number of nitrogens with one attached hydrogen (secondary N) is 1. The van der Waals surface area contributed by atoms with Crippen LogP contribution in [0.5, 0.6) is 0 Å². The number of carbonyl (C=O) groups excluding carboxylic acids is 1. The van der Waals surface area contributed by atoms with E-state index in [1.54, 1.807) is 0 Å². The molecular weight excluding hydrogens is 302 g/mol. The molecule has 0 aromatic heterocycles. The van der Waals surface area contributed by atoms with E-state index in [0.29, 0.717) is 23.1 Å². The topological polar surface area (TPSA) is 29.1 Å². The number of hydrogen-bond donors (Lipinski definition) is 1. The Morgan fingerprint density at radius 3 is 2.21 bits per heavy atom. The zero-order valence-electron chi connectivity index (χ0n) is 12.2. The van der Waals surface area contributed by atoms with Crippen molar-refractivity contribution in [1.82, 2.24) is 0 Å². The maximum Gasteiger partial charge on any atom is 0.224 e. The molecule has 1 aromatic rings. The summed E-state index contributed by atoms with van der Waals surface area (Å²) in [6.07, 6.45) is 1.58. The molecule has 2 nitrogen and oxygen atoms in total. The van der Waals surface area contributed by atoms with Crippen LogP contribution in [0.2, 0.25) is 0 Å². The zero-order chi connectivity index (χ0) is 14.4. The molecular formula is C16H24BrNO. The molecule has 1 unspecified atom stereocenters. The molecule has 0 saturated heterocycles. The van der Waals surface area contributed by atoms with Crippen LogP contribution in [0.3, 0.4) is 0 Å². The van der Waals surface area contributed by atoms with Gasteiger partial charge in [-0.25, -0.2) is 0 Å². The lowest BCUT2D eigenvalue weighted by molar-refractivity contribution is -0.116. The van der Waals surface area contributed by atoms with Crippen molar-refractivity contribution in [3.8, 4) is 0 Å². The minimum absolute atomic E-state index is 0.0864. The molecule has 1 rings (SSSR count). The summed E-state index contributed by atoms with van der Waals surface area (Å²) in [7, 11) is 0. The van der Waals surface area contributed by atoms with Crippen LogP contribution in [0, 0.1) is 11.8 Å². The molecule has 0 bridgehead atoms. The third-order valence-electron chi connectivity index (χ3n) is 2.99. The van der Waals surface area contributed by atoms with Crippen LogP contribution in [-0.2, 0) is 11.2 Å². The highest BCUT2D eigenvalue weighted by Gasteiger charge is 2.10. The van der Waals surface area contributed by atoms with Crippen molar-refractivity contribution in [3.63, 3.8) is 0 Å². The van der Waals surface area contributed by atoms with Gasteiger partial charge in [-0.1, -0.05) is 55.8 Å². The Bertz CT molecular complexity index is 398. The second-order valence-electron chi connectivity index (χ2n) is 5.81. The van der Waals surface area contributed by atoms with E-state index in [1.165, 1.54) is 5.56 Å². The number of benzene rings is 1. The standard InChI is InChI=1S/C16H24BrNO/c1-11(2)9-16(19)18-14-7-5-13(6-8-14)10-15(17)12(3)4/h5-8,11-12,15H,9-10H2,1-4H3,(H,18,19). The summed E-state index contributed by atoms with van der Waals surface area (Å²) in [5.74, 6) is 1.09. The molecule has 0 fully saturated rings. The van der Waals surface area contributed by atoms with Crippen LogP contribution in [0.4, 0.5) is 5.69 Å². The summed E-state index contributed by atoms with van der Waals surface area (Å²) >= 11 is 3.70. The monoisotopic (exact) mass is 325 g/mol. The van der Waals surface area contributed by atoms with Gasteiger partial charge in [0.25, 0.3) is 0 Å². The van der Waals surface area contributed by atoms with Crippen LogP contribution in [0.1, 0.15) is 39.7 Å². The lowest BCUT2D eigenvalue weighted by Gasteiger charge is -2.14. The summed E-state index contributed by atoms with van der Waals surface area (Å²) in [6.45, 7) is 8.51. The lowest BCUT2D eigenvalue weighted by atomic mass is 10.0. The number of hydrogen-bond acceptors (Lipinski definition) is 1. The van der Waals surface area contributed by atoms with Crippen molar-refractivity contribution in [2.75, 3.05) is 5.32 Å². The van der Waals surface area contributed by atoms with E-state index in [9.17, 15) is 4.79 Å². The maximum absolute atomic E-state index is 11.7. The van der Waals surface area contributed by atoms with Crippen molar-refractivity contribution in [3.05, 3.63) is 29.8 Å². The minimum Gasteiger partial charge on any atom is -0.326 e. The average Bonchev–Trinajstić information content (AvgIpc) is 2.30. The van der Waals surface area contributed by atoms with Crippen molar-refractivity contribution < 1.29 is 4.79 Å². The Morgan fingerprint density at radius 1 is 1.16 bits per heavy atom. The molecule has 0 aliphatic rings. The zero-order valence-corrected chi connectivity index (χ0v) is 13.8. The molecule has 3 heteroatoms. The van der Waals surface area contributed by atoms with Gasteiger partial charge in [0.05, 0.1) is 0 Å². The van der Waals surface area contributed by atoms with Crippen LogP contribution in [0.25, 0.3) is 0 Å². The van der Waals surface area contributed by atoms with Gasteiger partial charge in [0.15, 0.2) is 0 Å². The number of halogens is 1. The summed E-state index contributed by atoms with van der Waals surface area (Å²) in [5, 5.41) is 2.93. The fourth-order valence-electron chi connectivity index (χ4n) is 1.77. The van der Waals surface area contributed by atoms with Gasteiger partial charge in [-0.15, -0.1) is 0 Å². The van der Waals surface area contributed by atoms with Crippen molar-refractivity contribution >= 4 is 27.5 Å². The highest BCUT2D eigenvalue weighted by Crippen LogP contribution is 2.19.